The number of hydrogen-bond acceptors (Lipinski definition) is 3. The Bertz CT molecular complexity index is 976. The molecule has 2 aromatic rings. The van der Waals surface area contributed by atoms with Gasteiger partial charge in [0, 0.05) is 5.02 Å². The van der Waals surface area contributed by atoms with Crippen LogP contribution < -0.4 is 9.62 Å². The lowest BCUT2D eigenvalue weighted by Gasteiger charge is -2.31. The summed E-state index contributed by atoms with van der Waals surface area (Å²) >= 11 is 6.06. The molecule has 0 aromatic heterocycles. The monoisotopic (exact) mass is 436 g/mol. The zero-order valence-corrected chi connectivity index (χ0v) is 19.1. The van der Waals surface area contributed by atoms with Gasteiger partial charge in [-0.3, -0.25) is 9.10 Å². The zero-order chi connectivity index (χ0) is 21.8. The summed E-state index contributed by atoms with van der Waals surface area (Å²) in [5.41, 5.74) is 3.72. The molecule has 2 aromatic carbocycles. The van der Waals surface area contributed by atoms with E-state index in [-0.39, 0.29) is 11.9 Å². The summed E-state index contributed by atoms with van der Waals surface area (Å²) in [4.78, 5) is 13.2. The van der Waals surface area contributed by atoms with Gasteiger partial charge >= 0.3 is 0 Å². The second-order valence-corrected chi connectivity index (χ2v) is 9.57. The third kappa shape index (κ3) is 5.73. The molecule has 0 saturated heterocycles. The summed E-state index contributed by atoms with van der Waals surface area (Å²) < 4.78 is 26.3. The highest BCUT2D eigenvalue weighted by Crippen LogP contribution is 2.26. The van der Waals surface area contributed by atoms with Gasteiger partial charge < -0.3 is 5.32 Å². The van der Waals surface area contributed by atoms with Gasteiger partial charge in [0.05, 0.1) is 18.0 Å². The fourth-order valence-electron chi connectivity index (χ4n) is 3.34. The molecule has 0 saturated carbocycles. The van der Waals surface area contributed by atoms with Crippen LogP contribution in [-0.2, 0) is 14.8 Å². The van der Waals surface area contributed by atoms with Crippen molar-refractivity contribution >= 4 is 33.2 Å². The van der Waals surface area contributed by atoms with Crippen LogP contribution in [0, 0.1) is 13.8 Å². The predicted octanol–water partition coefficient (Wildman–Crippen LogP) is 4.77. The van der Waals surface area contributed by atoms with E-state index in [0.717, 1.165) is 21.7 Å². The Morgan fingerprint density at radius 1 is 1.07 bits per heavy atom. The fourth-order valence-corrected chi connectivity index (χ4v) is 4.73. The zero-order valence-electron chi connectivity index (χ0n) is 17.6. The molecule has 5 nitrogen and oxygen atoms in total. The normalized spacial score (nSPS) is 13.6. The van der Waals surface area contributed by atoms with Crippen LogP contribution in [0.2, 0.25) is 5.02 Å². The van der Waals surface area contributed by atoms with Crippen molar-refractivity contribution in [3.63, 3.8) is 0 Å². The van der Waals surface area contributed by atoms with Crippen molar-refractivity contribution in [3.05, 3.63) is 64.2 Å². The minimum atomic E-state index is -3.70. The molecule has 0 unspecified atom stereocenters. The highest BCUT2D eigenvalue weighted by atomic mass is 35.5. The largest absolute Gasteiger partial charge is 0.347 e. The first kappa shape index (κ1) is 23.2. The van der Waals surface area contributed by atoms with Crippen LogP contribution in [0.4, 0.5) is 5.69 Å². The molecule has 2 rings (SSSR count). The summed E-state index contributed by atoms with van der Waals surface area (Å²) in [6.07, 6.45) is 2.12. The van der Waals surface area contributed by atoms with E-state index in [4.69, 9.17) is 11.6 Å². The van der Waals surface area contributed by atoms with Crippen molar-refractivity contribution in [2.24, 2.45) is 0 Å². The standard InChI is InChI=1S/C22H29ClN2O3S/c1-6-20(17-12-11-15(3)16(4)13-17)24-22(26)21(7-2)25(29(5,27)28)19-10-8-9-18(23)14-19/h8-14,20-21H,6-7H2,1-5H3,(H,24,26)/t20-,21-/m1/s1. The van der Waals surface area contributed by atoms with Crippen molar-refractivity contribution in [1.82, 2.24) is 5.32 Å². The number of rotatable bonds is 8. The Morgan fingerprint density at radius 2 is 1.76 bits per heavy atom. The molecule has 0 aliphatic rings. The second kappa shape index (κ2) is 9.63. The summed E-state index contributed by atoms with van der Waals surface area (Å²) in [6, 6.07) is 11.6. The number of hydrogen-bond donors (Lipinski definition) is 1. The van der Waals surface area contributed by atoms with E-state index in [1.807, 2.05) is 32.9 Å². The van der Waals surface area contributed by atoms with Gasteiger partial charge in [-0.2, -0.15) is 0 Å². The van der Waals surface area contributed by atoms with Crippen molar-refractivity contribution in [2.45, 2.75) is 52.6 Å². The Balaban J connectivity index is 2.36. The van der Waals surface area contributed by atoms with Crippen LogP contribution in [0.5, 0.6) is 0 Å². The molecule has 0 fully saturated rings. The van der Waals surface area contributed by atoms with E-state index < -0.39 is 16.1 Å². The molecular weight excluding hydrogens is 408 g/mol. The average molecular weight is 437 g/mol. The lowest BCUT2D eigenvalue weighted by atomic mass is 9.99. The number of benzene rings is 2. The van der Waals surface area contributed by atoms with Gasteiger partial charge in [-0.25, -0.2) is 8.42 Å². The fraction of sp³-hybridized carbons (Fsp3) is 0.409. The first-order chi connectivity index (χ1) is 13.6. The molecule has 29 heavy (non-hydrogen) atoms. The van der Waals surface area contributed by atoms with Crippen molar-refractivity contribution in [1.29, 1.82) is 0 Å². The molecular formula is C22H29ClN2O3S. The van der Waals surface area contributed by atoms with Crippen LogP contribution in [0.15, 0.2) is 42.5 Å². The maximum Gasteiger partial charge on any atom is 0.244 e. The van der Waals surface area contributed by atoms with E-state index in [9.17, 15) is 13.2 Å². The van der Waals surface area contributed by atoms with Crippen molar-refractivity contribution < 1.29 is 13.2 Å². The third-order valence-corrected chi connectivity index (χ3v) is 6.47. The summed E-state index contributed by atoms with van der Waals surface area (Å²) in [5.74, 6) is -0.331. The first-order valence-corrected chi connectivity index (χ1v) is 11.9. The predicted molar refractivity (Wildman–Crippen MR) is 120 cm³/mol. The molecule has 7 heteroatoms. The van der Waals surface area contributed by atoms with E-state index in [2.05, 4.69) is 11.4 Å². The number of carbonyl (C=O) groups excluding carboxylic acids is 1. The van der Waals surface area contributed by atoms with E-state index in [0.29, 0.717) is 23.6 Å². The van der Waals surface area contributed by atoms with Gasteiger partial charge in [0.15, 0.2) is 0 Å². The molecule has 0 heterocycles. The molecule has 1 N–H and O–H groups in total. The van der Waals surface area contributed by atoms with E-state index >= 15 is 0 Å². The maximum atomic E-state index is 13.2. The van der Waals surface area contributed by atoms with Gasteiger partial charge in [-0.05, 0) is 61.6 Å². The highest BCUT2D eigenvalue weighted by Gasteiger charge is 2.32. The number of halogens is 1. The molecule has 158 valence electrons. The van der Waals surface area contributed by atoms with Gasteiger partial charge in [0.1, 0.15) is 6.04 Å². The topological polar surface area (TPSA) is 66.5 Å². The Labute approximate surface area is 179 Å². The van der Waals surface area contributed by atoms with Crippen molar-refractivity contribution in [2.75, 3.05) is 10.6 Å². The lowest BCUT2D eigenvalue weighted by Crippen LogP contribution is -2.50. The quantitative estimate of drug-likeness (QED) is 0.648. The highest BCUT2D eigenvalue weighted by molar-refractivity contribution is 7.92. The van der Waals surface area contributed by atoms with Crippen LogP contribution in [0.3, 0.4) is 0 Å². The van der Waals surface area contributed by atoms with Crippen LogP contribution in [0.1, 0.15) is 49.4 Å². The molecule has 0 spiro atoms. The number of aryl methyl sites for hydroxylation is 2. The number of nitrogens with zero attached hydrogens (tertiary/aromatic N) is 1. The molecule has 0 radical (unpaired) electrons. The van der Waals surface area contributed by atoms with Gasteiger partial charge in [0.25, 0.3) is 0 Å². The van der Waals surface area contributed by atoms with E-state index in [1.165, 1.54) is 5.56 Å². The Morgan fingerprint density at radius 3 is 2.28 bits per heavy atom. The second-order valence-electron chi connectivity index (χ2n) is 7.28. The molecule has 0 aliphatic carbocycles. The van der Waals surface area contributed by atoms with Crippen LogP contribution in [-0.4, -0.2) is 26.6 Å². The minimum Gasteiger partial charge on any atom is -0.347 e. The van der Waals surface area contributed by atoms with Gasteiger partial charge in [-0.15, -0.1) is 0 Å². The Kier molecular flexibility index (Phi) is 7.72. The molecule has 0 bridgehead atoms. The molecule has 2 atom stereocenters. The lowest BCUT2D eigenvalue weighted by molar-refractivity contribution is -0.123. The van der Waals surface area contributed by atoms with Crippen molar-refractivity contribution in [3.8, 4) is 0 Å². The van der Waals surface area contributed by atoms with Crippen LogP contribution in [0.25, 0.3) is 0 Å². The Hall–Kier alpha value is -2.05. The first-order valence-electron chi connectivity index (χ1n) is 9.71. The summed E-state index contributed by atoms with van der Waals surface area (Å²) in [5, 5.41) is 3.45. The number of carbonyl (C=O) groups is 1. The number of nitrogens with one attached hydrogen (secondary N) is 1. The number of amides is 1. The van der Waals surface area contributed by atoms with Gasteiger partial charge in [0.2, 0.25) is 15.9 Å². The smallest absolute Gasteiger partial charge is 0.244 e. The van der Waals surface area contributed by atoms with E-state index in [1.54, 1.807) is 31.2 Å². The average Bonchev–Trinajstić information content (AvgIpc) is 2.65. The third-order valence-electron chi connectivity index (χ3n) is 5.05. The molecule has 1 amide bonds. The van der Waals surface area contributed by atoms with Crippen LogP contribution >= 0.6 is 11.6 Å². The summed E-state index contributed by atoms with van der Waals surface area (Å²) in [6.45, 7) is 7.86. The maximum absolute atomic E-state index is 13.2. The number of sulfonamides is 1. The van der Waals surface area contributed by atoms with Gasteiger partial charge in [-0.1, -0.05) is 49.7 Å². The minimum absolute atomic E-state index is 0.198. The SMILES string of the molecule is CC[C@H](C(=O)N[C@H](CC)c1ccc(C)c(C)c1)N(c1cccc(Cl)c1)S(C)(=O)=O. The number of anilines is 1. The molecule has 0 aliphatic heterocycles. The summed E-state index contributed by atoms with van der Waals surface area (Å²) in [7, 11) is -3.70.